The van der Waals surface area contributed by atoms with Crippen LogP contribution in [-0.4, -0.2) is 55.6 Å². The number of piperidine rings is 2. The summed E-state index contributed by atoms with van der Waals surface area (Å²) in [7, 11) is -3.69. The van der Waals surface area contributed by atoms with Crippen LogP contribution in [0.4, 0.5) is 5.69 Å². The molecule has 7 nitrogen and oxygen atoms in total. The van der Waals surface area contributed by atoms with E-state index in [9.17, 15) is 18.0 Å². The zero-order valence-electron chi connectivity index (χ0n) is 18.3. The summed E-state index contributed by atoms with van der Waals surface area (Å²) in [5, 5.41) is 3.39. The minimum Gasteiger partial charge on any atom is -0.342 e. The average molecular weight is 490 g/mol. The number of sulfonamides is 1. The molecule has 2 atom stereocenters. The van der Waals surface area contributed by atoms with Gasteiger partial charge in [-0.1, -0.05) is 29.8 Å². The monoisotopic (exact) mass is 489 g/mol. The third-order valence-corrected chi connectivity index (χ3v) is 8.46. The Morgan fingerprint density at radius 1 is 0.879 bits per heavy atom. The summed E-state index contributed by atoms with van der Waals surface area (Å²) in [5.74, 6) is -0.838. The molecule has 2 aromatic rings. The minimum absolute atomic E-state index is 0.0665. The SMILES string of the molecule is O=C(Nc1ccccc1)C1CCCN(C(=O)C2CCCN(S(=O)(=O)c3ccc(Cl)cc3)C2)C1. The van der Waals surface area contributed by atoms with E-state index in [-0.39, 0.29) is 29.2 Å². The van der Waals surface area contributed by atoms with Gasteiger partial charge in [0.15, 0.2) is 0 Å². The Labute approximate surface area is 199 Å². The van der Waals surface area contributed by atoms with Crippen molar-refractivity contribution in [2.45, 2.75) is 30.6 Å². The number of para-hydroxylation sites is 1. The Balaban J connectivity index is 1.39. The van der Waals surface area contributed by atoms with Gasteiger partial charge < -0.3 is 10.2 Å². The summed E-state index contributed by atoms with van der Waals surface area (Å²) < 4.78 is 27.5. The molecule has 176 valence electrons. The number of anilines is 1. The predicted octanol–water partition coefficient (Wildman–Crippen LogP) is 3.62. The molecule has 2 aliphatic rings. The largest absolute Gasteiger partial charge is 0.342 e. The Bertz CT molecular complexity index is 1090. The van der Waals surface area contributed by atoms with Gasteiger partial charge in [-0.25, -0.2) is 8.42 Å². The average Bonchev–Trinajstić information content (AvgIpc) is 2.84. The number of halogens is 1. The maximum atomic E-state index is 13.3. The molecule has 0 radical (unpaired) electrons. The molecule has 0 spiro atoms. The Morgan fingerprint density at radius 2 is 1.55 bits per heavy atom. The highest BCUT2D eigenvalue weighted by Gasteiger charge is 2.37. The molecule has 33 heavy (non-hydrogen) atoms. The molecular formula is C24H28ClN3O4S. The molecule has 2 amide bonds. The molecule has 4 rings (SSSR count). The van der Waals surface area contributed by atoms with E-state index in [2.05, 4.69) is 5.32 Å². The number of rotatable bonds is 5. The highest BCUT2D eigenvalue weighted by Crippen LogP contribution is 2.28. The lowest BCUT2D eigenvalue weighted by Crippen LogP contribution is -2.50. The summed E-state index contributed by atoms with van der Waals surface area (Å²) >= 11 is 5.89. The zero-order chi connectivity index (χ0) is 23.4. The van der Waals surface area contributed by atoms with Crippen molar-refractivity contribution in [1.82, 2.24) is 9.21 Å². The van der Waals surface area contributed by atoms with Crippen molar-refractivity contribution in [3.8, 4) is 0 Å². The van der Waals surface area contributed by atoms with Gasteiger partial charge in [-0.2, -0.15) is 4.31 Å². The van der Waals surface area contributed by atoms with Crippen LogP contribution in [0, 0.1) is 11.8 Å². The van der Waals surface area contributed by atoms with Crippen LogP contribution in [0.5, 0.6) is 0 Å². The number of likely N-dealkylation sites (tertiary alicyclic amines) is 1. The van der Waals surface area contributed by atoms with Gasteiger partial charge in [-0.05, 0) is 62.1 Å². The molecule has 2 fully saturated rings. The van der Waals surface area contributed by atoms with Crippen LogP contribution in [0.2, 0.25) is 5.02 Å². The van der Waals surface area contributed by atoms with E-state index in [0.29, 0.717) is 37.5 Å². The topological polar surface area (TPSA) is 86.8 Å². The van der Waals surface area contributed by atoms with Crippen molar-refractivity contribution in [2.24, 2.45) is 11.8 Å². The first-order valence-electron chi connectivity index (χ1n) is 11.2. The molecule has 0 aliphatic carbocycles. The summed E-state index contributed by atoms with van der Waals surface area (Å²) in [6.45, 7) is 1.49. The fourth-order valence-electron chi connectivity index (χ4n) is 4.53. The second kappa shape index (κ2) is 10.2. The molecule has 0 saturated carbocycles. The number of carbonyl (C=O) groups is 2. The van der Waals surface area contributed by atoms with E-state index in [1.165, 1.54) is 16.4 Å². The lowest BCUT2D eigenvalue weighted by molar-refractivity contribution is -0.139. The third kappa shape index (κ3) is 5.57. The molecule has 2 unspecified atom stereocenters. The maximum Gasteiger partial charge on any atom is 0.243 e. The summed E-state index contributed by atoms with van der Waals surface area (Å²) in [5.41, 5.74) is 0.737. The zero-order valence-corrected chi connectivity index (χ0v) is 19.9. The number of nitrogens with one attached hydrogen (secondary N) is 1. The number of nitrogens with zero attached hydrogens (tertiary/aromatic N) is 2. The van der Waals surface area contributed by atoms with Gasteiger partial charge in [0.05, 0.1) is 16.7 Å². The van der Waals surface area contributed by atoms with Crippen molar-refractivity contribution in [3.05, 3.63) is 59.6 Å². The van der Waals surface area contributed by atoms with E-state index in [1.807, 2.05) is 30.3 Å². The standard InChI is InChI=1S/C24H28ClN3O4S/c25-20-10-12-22(13-11-20)33(31,32)28-15-5-7-19(17-28)24(30)27-14-4-6-18(16-27)23(29)26-21-8-2-1-3-9-21/h1-3,8-13,18-19H,4-7,14-17H2,(H,26,29). The first-order valence-corrected chi connectivity index (χ1v) is 13.1. The van der Waals surface area contributed by atoms with Crippen LogP contribution in [0.15, 0.2) is 59.5 Å². The van der Waals surface area contributed by atoms with Crippen LogP contribution >= 0.6 is 11.6 Å². The van der Waals surface area contributed by atoms with Gasteiger partial charge >= 0.3 is 0 Å². The van der Waals surface area contributed by atoms with Crippen molar-refractivity contribution >= 4 is 39.1 Å². The normalized spacial score (nSPS) is 22.0. The molecule has 2 heterocycles. The quantitative estimate of drug-likeness (QED) is 0.695. The highest BCUT2D eigenvalue weighted by molar-refractivity contribution is 7.89. The molecule has 0 aromatic heterocycles. The minimum atomic E-state index is -3.69. The fraction of sp³-hybridized carbons (Fsp3) is 0.417. The molecule has 2 aliphatic heterocycles. The van der Waals surface area contributed by atoms with Crippen molar-refractivity contribution in [3.63, 3.8) is 0 Å². The highest BCUT2D eigenvalue weighted by atomic mass is 35.5. The summed E-state index contributed by atoms with van der Waals surface area (Å²) in [6.07, 6.45) is 2.74. The number of hydrogen-bond acceptors (Lipinski definition) is 4. The van der Waals surface area contributed by atoms with Crippen LogP contribution < -0.4 is 5.32 Å². The predicted molar refractivity (Wildman–Crippen MR) is 127 cm³/mol. The summed E-state index contributed by atoms with van der Waals surface area (Å²) in [4.78, 5) is 27.9. The Morgan fingerprint density at radius 3 is 2.27 bits per heavy atom. The smallest absolute Gasteiger partial charge is 0.243 e. The fourth-order valence-corrected chi connectivity index (χ4v) is 6.18. The van der Waals surface area contributed by atoms with E-state index in [0.717, 1.165) is 18.5 Å². The van der Waals surface area contributed by atoms with E-state index in [4.69, 9.17) is 11.6 Å². The first-order chi connectivity index (χ1) is 15.8. The van der Waals surface area contributed by atoms with Gasteiger partial charge in [-0.15, -0.1) is 0 Å². The molecule has 2 saturated heterocycles. The van der Waals surface area contributed by atoms with Crippen LogP contribution in [0.1, 0.15) is 25.7 Å². The second-order valence-corrected chi connectivity index (χ2v) is 11.0. The van der Waals surface area contributed by atoms with Crippen molar-refractivity contribution in [1.29, 1.82) is 0 Å². The molecule has 1 N–H and O–H groups in total. The van der Waals surface area contributed by atoms with E-state index < -0.39 is 15.9 Å². The number of hydrogen-bond donors (Lipinski definition) is 1. The third-order valence-electron chi connectivity index (χ3n) is 6.33. The van der Waals surface area contributed by atoms with Gasteiger partial charge in [0.25, 0.3) is 0 Å². The van der Waals surface area contributed by atoms with Gasteiger partial charge in [-0.3, -0.25) is 9.59 Å². The molecule has 0 bridgehead atoms. The van der Waals surface area contributed by atoms with Crippen LogP contribution in [-0.2, 0) is 19.6 Å². The maximum absolute atomic E-state index is 13.3. The first kappa shape index (κ1) is 23.7. The van der Waals surface area contributed by atoms with Gasteiger partial charge in [0.2, 0.25) is 21.8 Å². The van der Waals surface area contributed by atoms with Crippen LogP contribution in [0.3, 0.4) is 0 Å². The molecular weight excluding hydrogens is 462 g/mol. The van der Waals surface area contributed by atoms with E-state index >= 15 is 0 Å². The van der Waals surface area contributed by atoms with E-state index in [1.54, 1.807) is 17.0 Å². The lowest BCUT2D eigenvalue weighted by atomic mass is 9.93. The van der Waals surface area contributed by atoms with Gasteiger partial charge in [0.1, 0.15) is 0 Å². The Kier molecular flexibility index (Phi) is 7.36. The molecule has 9 heteroatoms. The number of amides is 2. The Hall–Kier alpha value is -2.42. The second-order valence-electron chi connectivity index (χ2n) is 8.63. The van der Waals surface area contributed by atoms with Gasteiger partial charge in [0, 0.05) is 36.9 Å². The molecule has 2 aromatic carbocycles. The number of carbonyl (C=O) groups excluding carboxylic acids is 2. The number of benzene rings is 2. The summed E-state index contributed by atoms with van der Waals surface area (Å²) in [6, 6.07) is 15.4. The van der Waals surface area contributed by atoms with Crippen LogP contribution in [0.25, 0.3) is 0 Å². The van der Waals surface area contributed by atoms with Crippen molar-refractivity contribution in [2.75, 3.05) is 31.5 Å². The lowest BCUT2D eigenvalue weighted by Gasteiger charge is -2.37. The van der Waals surface area contributed by atoms with Crippen molar-refractivity contribution < 1.29 is 18.0 Å².